The Morgan fingerprint density at radius 1 is 1.33 bits per heavy atom. The number of nitrogens with one attached hydrogen (secondary N) is 2. The van der Waals surface area contributed by atoms with Gasteiger partial charge in [-0.2, -0.15) is 40.0 Å². The number of ether oxygens (including phenoxy) is 1. The summed E-state index contributed by atoms with van der Waals surface area (Å²) in [4.78, 5) is 29.7. The smallest absolute Gasteiger partial charge is 0.422 e. The molecule has 9 nitrogen and oxygen atoms in total. The molecule has 14 heteroatoms. The Hall–Kier alpha value is -4.12. The summed E-state index contributed by atoms with van der Waals surface area (Å²) < 4.78 is 58.0. The predicted octanol–water partition coefficient (Wildman–Crippen LogP) is 3.81. The largest absolute Gasteiger partial charge is 0.481 e. The van der Waals surface area contributed by atoms with Crippen LogP contribution in [0.15, 0.2) is 36.5 Å². The minimum absolute atomic E-state index is 0.116. The van der Waals surface area contributed by atoms with Gasteiger partial charge in [0.1, 0.15) is 11.6 Å². The molecule has 2 amide bonds. The number of pyridine rings is 1. The fourth-order valence-corrected chi connectivity index (χ4v) is 4.40. The first kappa shape index (κ1) is 27.9. The number of carbonyl (C=O) groups excluding carboxylic acids is 2. The lowest BCUT2D eigenvalue weighted by atomic mass is 9.96. The molecule has 204 valence electrons. The average Bonchev–Trinajstić information content (AvgIpc) is 3.25. The van der Waals surface area contributed by atoms with E-state index in [-0.39, 0.29) is 53.7 Å². The first-order valence-electron chi connectivity index (χ1n) is 11.6. The minimum atomic E-state index is -4.60. The second kappa shape index (κ2) is 11.7. The van der Waals surface area contributed by atoms with Crippen LogP contribution in [-0.2, 0) is 17.6 Å². The molecule has 0 saturated heterocycles. The maximum Gasteiger partial charge on any atom is 0.422 e. The number of hydrogen-bond donors (Lipinski definition) is 2. The molecule has 3 aromatic rings. The number of benzene rings is 1. The van der Waals surface area contributed by atoms with Crippen molar-refractivity contribution in [3.8, 4) is 17.6 Å². The molecular weight excluding hydrogens is 540 g/mol. The monoisotopic (exact) mass is 562 g/mol. The van der Waals surface area contributed by atoms with Crippen LogP contribution in [0.25, 0.3) is 5.82 Å². The molecule has 1 atom stereocenters. The van der Waals surface area contributed by atoms with Crippen LogP contribution in [0.3, 0.4) is 0 Å². The van der Waals surface area contributed by atoms with Gasteiger partial charge in [-0.25, -0.2) is 9.37 Å². The maximum absolute atomic E-state index is 14.7. The molecule has 1 aromatic carbocycles. The number of amides is 2. The van der Waals surface area contributed by atoms with Crippen LogP contribution in [0.4, 0.5) is 23.4 Å². The molecule has 2 N–H and O–H groups in total. The van der Waals surface area contributed by atoms with Gasteiger partial charge >= 0.3 is 6.18 Å². The molecule has 0 spiro atoms. The van der Waals surface area contributed by atoms with E-state index >= 15 is 0 Å². The molecule has 1 aliphatic rings. The minimum Gasteiger partial charge on any atom is -0.481 e. The van der Waals surface area contributed by atoms with Crippen LogP contribution in [0.5, 0.6) is 5.75 Å². The van der Waals surface area contributed by atoms with Gasteiger partial charge in [-0.05, 0) is 42.9 Å². The van der Waals surface area contributed by atoms with E-state index in [9.17, 15) is 27.2 Å². The lowest BCUT2D eigenvalue weighted by molar-refractivity contribution is -0.153. The van der Waals surface area contributed by atoms with E-state index in [1.54, 1.807) is 6.26 Å². The number of hydrogen-bond acceptors (Lipinski definition) is 7. The van der Waals surface area contributed by atoms with Crippen molar-refractivity contribution in [2.75, 3.05) is 23.9 Å². The van der Waals surface area contributed by atoms with Crippen molar-refractivity contribution in [2.24, 2.45) is 0 Å². The predicted molar refractivity (Wildman–Crippen MR) is 134 cm³/mol. The summed E-state index contributed by atoms with van der Waals surface area (Å²) >= 11 is 1.30. The lowest BCUT2D eigenvalue weighted by Crippen LogP contribution is -2.41. The summed E-state index contributed by atoms with van der Waals surface area (Å²) in [5.41, 5.74) is 1.02. The van der Waals surface area contributed by atoms with Crippen LogP contribution in [0.2, 0.25) is 0 Å². The highest BCUT2D eigenvalue weighted by Gasteiger charge is 2.33. The number of carbonyl (C=O) groups is 2. The zero-order valence-electron chi connectivity index (χ0n) is 20.5. The van der Waals surface area contributed by atoms with E-state index in [1.807, 2.05) is 6.07 Å². The number of anilines is 1. The van der Waals surface area contributed by atoms with E-state index in [0.717, 1.165) is 6.07 Å². The topological polar surface area (TPSA) is 122 Å². The number of thioether (sulfide) groups is 1. The molecule has 0 bridgehead atoms. The molecule has 3 heterocycles. The second-order valence-electron chi connectivity index (χ2n) is 8.63. The van der Waals surface area contributed by atoms with Crippen molar-refractivity contribution >= 4 is 29.4 Å². The van der Waals surface area contributed by atoms with Gasteiger partial charge in [0.05, 0.1) is 17.0 Å². The highest BCUT2D eigenvalue weighted by Crippen LogP contribution is 2.29. The second-order valence-corrected chi connectivity index (χ2v) is 9.49. The van der Waals surface area contributed by atoms with Crippen molar-refractivity contribution < 1.29 is 31.9 Å². The number of rotatable bonds is 9. The first-order chi connectivity index (χ1) is 18.6. The number of nitriles is 1. The summed E-state index contributed by atoms with van der Waals surface area (Å²) in [5, 5.41) is 19.1. The standard InChI is InChI=1S/C25H22F4N6O3S/c1-39-12-20(36)33-23-21-17(34-35(23)19-8-5-14(10-30)11-31-19)9-16(32-24(21)37)7-6-15-3-2-4-18(22(15)26)38-13-25(27,28)29/h2-5,8,11,16H,6-7,9,12-13H2,1H3,(H,32,37)(H,33,36). The Morgan fingerprint density at radius 3 is 2.79 bits per heavy atom. The van der Waals surface area contributed by atoms with Gasteiger partial charge in [0.25, 0.3) is 5.91 Å². The molecule has 39 heavy (non-hydrogen) atoms. The van der Waals surface area contributed by atoms with Crippen molar-refractivity contribution in [1.82, 2.24) is 20.1 Å². The Balaban J connectivity index is 1.55. The molecule has 0 saturated carbocycles. The Bertz CT molecular complexity index is 1420. The molecule has 0 fully saturated rings. The highest BCUT2D eigenvalue weighted by molar-refractivity contribution is 7.99. The number of aromatic nitrogens is 3. The van der Waals surface area contributed by atoms with Crippen molar-refractivity contribution in [3.05, 3.63) is 64.7 Å². The number of alkyl halides is 3. The summed E-state index contributed by atoms with van der Waals surface area (Å²) in [6.45, 7) is -1.61. The summed E-state index contributed by atoms with van der Waals surface area (Å²) in [7, 11) is 0. The third kappa shape index (κ3) is 6.66. The van der Waals surface area contributed by atoms with Gasteiger partial charge in [0, 0.05) is 18.7 Å². The third-order valence-corrected chi connectivity index (χ3v) is 6.33. The molecule has 0 radical (unpaired) electrons. The number of halogens is 4. The van der Waals surface area contributed by atoms with Gasteiger partial charge in [0.2, 0.25) is 5.91 Å². The number of nitrogens with zero attached hydrogens (tertiary/aromatic N) is 4. The summed E-state index contributed by atoms with van der Waals surface area (Å²) in [6, 6.07) is 8.53. The van der Waals surface area contributed by atoms with Gasteiger partial charge in [-0.1, -0.05) is 12.1 Å². The lowest BCUT2D eigenvalue weighted by Gasteiger charge is -2.23. The van der Waals surface area contributed by atoms with Crippen molar-refractivity contribution in [3.63, 3.8) is 0 Å². The van der Waals surface area contributed by atoms with Crippen LogP contribution < -0.4 is 15.4 Å². The molecular formula is C25H22F4N6O3S. The van der Waals surface area contributed by atoms with E-state index in [1.165, 1.54) is 46.9 Å². The molecule has 0 aliphatic carbocycles. The quantitative estimate of drug-likeness (QED) is 0.381. The number of aryl methyl sites for hydroxylation is 1. The SMILES string of the molecule is CSCC(=O)Nc1c2c(nn1-c1ccc(C#N)cn1)CC(CCc1cccc(OCC(F)(F)F)c1F)NC2=O. The van der Waals surface area contributed by atoms with Gasteiger partial charge in [-0.3, -0.25) is 9.59 Å². The third-order valence-electron chi connectivity index (χ3n) is 5.78. The fourth-order valence-electron chi connectivity index (χ4n) is 4.07. The zero-order chi connectivity index (χ0) is 28.2. The maximum atomic E-state index is 14.7. The Labute approximate surface area is 224 Å². The fraction of sp³-hybridized carbons (Fsp3) is 0.320. The van der Waals surface area contributed by atoms with Gasteiger partial charge in [-0.15, -0.1) is 0 Å². The Kier molecular flexibility index (Phi) is 8.39. The van der Waals surface area contributed by atoms with Crippen LogP contribution in [-0.4, -0.2) is 57.4 Å². The van der Waals surface area contributed by atoms with Crippen molar-refractivity contribution in [2.45, 2.75) is 31.5 Å². The van der Waals surface area contributed by atoms with Gasteiger partial charge < -0.3 is 15.4 Å². The summed E-state index contributed by atoms with van der Waals surface area (Å²) in [5.74, 6) is -1.68. The Morgan fingerprint density at radius 2 is 2.13 bits per heavy atom. The molecule has 1 aliphatic heterocycles. The van der Waals surface area contributed by atoms with E-state index < -0.39 is 36.3 Å². The average molecular weight is 563 g/mol. The molecule has 2 aromatic heterocycles. The van der Waals surface area contributed by atoms with Crippen molar-refractivity contribution in [1.29, 1.82) is 5.26 Å². The summed E-state index contributed by atoms with van der Waals surface area (Å²) in [6.07, 6.45) is -0.871. The molecule has 4 rings (SSSR count). The molecule has 1 unspecified atom stereocenters. The van der Waals surface area contributed by atoms with E-state index in [2.05, 4.69) is 25.5 Å². The number of fused-ring (bicyclic) bond motifs is 1. The van der Waals surface area contributed by atoms with Crippen LogP contribution >= 0.6 is 11.8 Å². The van der Waals surface area contributed by atoms with E-state index in [0.29, 0.717) is 11.3 Å². The highest BCUT2D eigenvalue weighted by atomic mass is 32.2. The van der Waals surface area contributed by atoms with Gasteiger partial charge in [0.15, 0.2) is 29.8 Å². The van der Waals surface area contributed by atoms with Crippen LogP contribution in [0.1, 0.15) is 33.6 Å². The first-order valence-corrected chi connectivity index (χ1v) is 13.0. The van der Waals surface area contributed by atoms with E-state index in [4.69, 9.17) is 5.26 Å². The van der Waals surface area contributed by atoms with Crippen LogP contribution in [0, 0.1) is 17.1 Å². The zero-order valence-corrected chi connectivity index (χ0v) is 21.3. The normalized spacial score (nSPS) is 14.8.